The Bertz CT molecular complexity index is 320. The van der Waals surface area contributed by atoms with Gasteiger partial charge in [-0.25, -0.2) is 4.98 Å². The molecular weight excluding hydrogens is 193 g/mol. The van der Waals surface area contributed by atoms with Crippen molar-refractivity contribution in [2.75, 3.05) is 5.73 Å². The molecule has 0 aliphatic rings. The van der Waals surface area contributed by atoms with Crippen LogP contribution in [0.15, 0.2) is 12.3 Å². The summed E-state index contributed by atoms with van der Waals surface area (Å²) in [7, 11) is 0. The van der Waals surface area contributed by atoms with E-state index in [0.29, 0.717) is 17.7 Å². The summed E-state index contributed by atoms with van der Waals surface area (Å²) in [6, 6.07) is 1.01. The lowest BCUT2D eigenvalue weighted by Crippen LogP contribution is -2.09. The van der Waals surface area contributed by atoms with E-state index in [-0.39, 0.29) is 0 Å². The van der Waals surface area contributed by atoms with Gasteiger partial charge in [0.05, 0.1) is 11.9 Å². The predicted octanol–water partition coefficient (Wildman–Crippen LogP) is 2.64. The molecule has 0 fully saturated rings. The maximum Gasteiger partial charge on any atom is 0.433 e. The maximum atomic E-state index is 12.2. The standard InChI is InChI=1S/C9H11F3N2/c1-2-3-6-4-8(9(10,11)12)14-5-7(6)13/h4-5H,2-3,13H2,1H3. The molecule has 78 valence electrons. The first-order chi connectivity index (χ1) is 6.45. The first kappa shape index (κ1) is 10.8. The van der Waals surface area contributed by atoms with Crippen molar-refractivity contribution in [3.8, 4) is 0 Å². The van der Waals surface area contributed by atoms with Gasteiger partial charge in [-0.1, -0.05) is 13.3 Å². The Kier molecular flexibility index (Phi) is 2.98. The van der Waals surface area contributed by atoms with Crippen molar-refractivity contribution in [2.24, 2.45) is 0 Å². The molecule has 2 N–H and O–H groups in total. The van der Waals surface area contributed by atoms with Gasteiger partial charge in [-0.2, -0.15) is 13.2 Å². The number of pyridine rings is 1. The lowest BCUT2D eigenvalue weighted by Gasteiger charge is -2.09. The Balaban J connectivity index is 3.06. The number of nitrogens with zero attached hydrogens (tertiary/aromatic N) is 1. The van der Waals surface area contributed by atoms with Crippen molar-refractivity contribution in [1.82, 2.24) is 4.98 Å². The van der Waals surface area contributed by atoms with Crippen molar-refractivity contribution in [1.29, 1.82) is 0 Å². The zero-order valence-electron chi connectivity index (χ0n) is 7.73. The highest BCUT2D eigenvalue weighted by Gasteiger charge is 2.32. The number of nitrogens with two attached hydrogens (primary N) is 1. The molecule has 0 bridgehead atoms. The van der Waals surface area contributed by atoms with Crippen LogP contribution in [0, 0.1) is 0 Å². The number of aryl methyl sites for hydroxylation is 1. The minimum Gasteiger partial charge on any atom is -0.397 e. The summed E-state index contributed by atoms with van der Waals surface area (Å²) >= 11 is 0. The molecule has 0 atom stereocenters. The number of aromatic nitrogens is 1. The summed E-state index contributed by atoms with van der Waals surface area (Å²) in [5.74, 6) is 0. The summed E-state index contributed by atoms with van der Waals surface area (Å²) in [5, 5.41) is 0. The quantitative estimate of drug-likeness (QED) is 0.804. The number of nitrogen functional groups attached to an aromatic ring is 1. The van der Waals surface area contributed by atoms with E-state index in [9.17, 15) is 13.2 Å². The summed E-state index contributed by atoms with van der Waals surface area (Å²) in [6.45, 7) is 1.88. The third-order valence-electron chi connectivity index (χ3n) is 1.83. The molecule has 2 nitrogen and oxygen atoms in total. The summed E-state index contributed by atoms with van der Waals surface area (Å²) < 4.78 is 36.7. The Hall–Kier alpha value is -1.26. The van der Waals surface area contributed by atoms with Gasteiger partial charge in [-0.3, -0.25) is 0 Å². The van der Waals surface area contributed by atoms with Gasteiger partial charge < -0.3 is 5.73 Å². The van der Waals surface area contributed by atoms with E-state index in [1.165, 1.54) is 0 Å². The minimum absolute atomic E-state index is 0.319. The fourth-order valence-corrected chi connectivity index (χ4v) is 1.15. The van der Waals surface area contributed by atoms with Crippen molar-refractivity contribution in [3.05, 3.63) is 23.5 Å². The zero-order valence-corrected chi connectivity index (χ0v) is 7.73. The second kappa shape index (κ2) is 3.86. The molecule has 0 aliphatic heterocycles. The van der Waals surface area contributed by atoms with Crippen molar-refractivity contribution >= 4 is 5.69 Å². The van der Waals surface area contributed by atoms with E-state index in [1.54, 1.807) is 0 Å². The van der Waals surface area contributed by atoms with Crippen LogP contribution >= 0.6 is 0 Å². The van der Waals surface area contributed by atoms with Gasteiger partial charge in [0.1, 0.15) is 5.69 Å². The fraction of sp³-hybridized carbons (Fsp3) is 0.444. The SMILES string of the molecule is CCCc1cc(C(F)(F)F)ncc1N. The first-order valence-electron chi connectivity index (χ1n) is 4.26. The molecule has 0 aromatic carbocycles. The lowest BCUT2D eigenvalue weighted by molar-refractivity contribution is -0.141. The average molecular weight is 204 g/mol. The molecule has 0 amide bonds. The van der Waals surface area contributed by atoms with Crippen LogP contribution in [0.25, 0.3) is 0 Å². The lowest BCUT2D eigenvalue weighted by atomic mass is 10.1. The first-order valence-corrected chi connectivity index (χ1v) is 4.26. The Morgan fingerprint density at radius 3 is 2.57 bits per heavy atom. The van der Waals surface area contributed by atoms with Gasteiger partial charge in [0.25, 0.3) is 0 Å². The van der Waals surface area contributed by atoms with E-state index in [4.69, 9.17) is 5.73 Å². The molecule has 1 aromatic heterocycles. The molecule has 1 rings (SSSR count). The van der Waals surface area contributed by atoms with Gasteiger partial charge in [0, 0.05) is 0 Å². The molecule has 0 saturated carbocycles. The third-order valence-corrected chi connectivity index (χ3v) is 1.83. The van der Waals surface area contributed by atoms with E-state index in [1.807, 2.05) is 6.92 Å². The largest absolute Gasteiger partial charge is 0.433 e. The molecule has 0 radical (unpaired) electrons. The van der Waals surface area contributed by atoms with Crippen LogP contribution in [0.1, 0.15) is 24.6 Å². The van der Waals surface area contributed by atoms with Crippen LogP contribution in [0.4, 0.5) is 18.9 Å². The van der Waals surface area contributed by atoms with Crippen molar-refractivity contribution in [2.45, 2.75) is 25.9 Å². The van der Waals surface area contributed by atoms with Crippen LogP contribution in [0.5, 0.6) is 0 Å². The number of alkyl halides is 3. The van der Waals surface area contributed by atoms with E-state index >= 15 is 0 Å². The monoisotopic (exact) mass is 204 g/mol. The van der Waals surface area contributed by atoms with Crippen LogP contribution in [0.3, 0.4) is 0 Å². The molecule has 1 aromatic rings. The summed E-state index contributed by atoms with van der Waals surface area (Å²) in [6.07, 6.45) is -2.03. The number of rotatable bonds is 2. The predicted molar refractivity (Wildman–Crippen MR) is 47.6 cm³/mol. The minimum atomic E-state index is -4.39. The Morgan fingerprint density at radius 2 is 2.07 bits per heavy atom. The number of hydrogen-bond donors (Lipinski definition) is 1. The van der Waals surface area contributed by atoms with Crippen LogP contribution in [-0.2, 0) is 12.6 Å². The number of halogens is 3. The maximum absolute atomic E-state index is 12.2. The number of anilines is 1. The second-order valence-corrected chi connectivity index (χ2v) is 3.02. The average Bonchev–Trinajstić information content (AvgIpc) is 2.07. The molecular formula is C9H11F3N2. The van der Waals surface area contributed by atoms with Crippen molar-refractivity contribution < 1.29 is 13.2 Å². The van der Waals surface area contributed by atoms with Gasteiger partial charge in [0.15, 0.2) is 0 Å². The summed E-state index contributed by atoms with van der Waals surface area (Å²) in [4.78, 5) is 3.24. The van der Waals surface area contributed by atoms with E-state index in [0.717, 1.165) is 18.7 Å². The molecule has 0 unspecified atom stereocenters. The fourth-order valence-electron chi connectivity index (χ4n) is 1.15. The molecule has 0 aliphatic carbocycles. The topological polar surface area (TPSA) is 38.9 Å². The van der Waals surface area contributed by atoms with Crippen LogP contribution in [-0.4, -0.2) is 4.98 Å². The highest BCUT2D eigenvalue weighted by Crippen LogP contribution is 2.29. The molecule has 5 heteroatoms. The smallest absolute Gasteiger partial charge is 0.397 e. The normalized spacial score (nSPS) is 11.7. The molecule has 0 spiro atoms. The van der Waals surface area contributed by atoms with Gasteiger partial charge >= 0.3 is 6.18 Å². The second-order valence-electron chi connectivity index (χ2n) is 3.02. The number of hydrogen-bond acceptors (Lipinski definition) is 2. The van der Waals surface area contributed by atoms with E-state index < -0.39 is 11.9 Å². The third kappa shape index (κ3) is 2.37. The van der Waals surface area contributed by atoms with Crippen LogP contribution in [0.2, 0.25) is 0 Å². The van der Waals surface area contributed by atoms with Gasteiger partial charge in [0.2, 0.25) is 0 Å². The Morgan fingerprint density at radius 1 is 1.43 bits per heavy atom. The van der Waals surface area contributed by atoms with Crippen molar-refractivity contribution in [3.63, 3.8) is 0 Å². The Labute approximate surface area is 79.9 Å². The van der Waals surface area contributed by atoms with Gasteiger partial charge in [-0.05, 0) is 18.1 Å². The van der Waals surface area contributed by atoms with E-state index in [2.05, 4.69) is 4.98 Å². The zero-order chi connectivity index (χ0) is 10.8. The highest BCUT2D eigenvalue weighted by atomic mass is 19.4. The van der Waals surface area contributed by atoms with Crippen LogP contribution < -0.4 is 5.73 Å². The highest BCUT2D eigenvalue weighted by molar-refractivity contribution is 5.45. The molecule has 14 heavy (non-hydrogen) atoms. The summed E-state index contributed by atoms with van der Waals surface area (Å²) in [5.41, 5.74) is 5.44. The molecule has 1 heterocycles. The molecule has 0 saturated heterocycles. The van der Waals surface area contributed by atoms with Gasteiger partial charge in [-0.15, -0.1) is 0 Å².